The van der Waals surface area contributed by atoms with E-state index in [1.165, 1.54) is 9.71 Å². The number of sulfonamides is 1. The van der Waals surface area contributed by atoms with Gasteiger partial charge in [-0.05, 0) is 38.7 Å². The van der Waals surface area contributed by atoms with Gasteiger partial charge in [-0.15, -0.1) is 0 Å². The zero-order chi connectivity index (χ0) is 15.0. The third-order valence-electron chi connectivity index (χ3n) is 2.96. The van der Waals surface area contributed by atoms with Crippen LogP contribution in [0.25, 0.3) is 6.08 Å². The topological polar surface area (TPSA) is 40.6 Å². The molecule has 0 unspecified atom stereocenters. The van der Waals surface area contributed by atoms with E-state index in [0.717, 1.165) is 18.5 Å². The van der Waals surface area contributed by atoms with Crippen molar-refractivity contribution in [3.63, 3.8) is 0 Å². The van der Waals surface area contributed by atoms with Gasteiger partial charge in [0, 0.05) is 18.5 Å². The molecule has 0 amide bonds. The van der Waals surface area contributed by atoms with Crippen LogP contribution in [0.15, 0.2) is 35.7 Å². The molecule has 0 aliphatic rings. The largest absolute Gasteiger partial charge is 0.309 e. The molecule has 0 atom stereocenters. The Hall–Kier alpha value is -1.17. The van der Waals surface area contributed by atoms with Gasteiger partial charge in [-0.1, -0.05) is 37.3 Å². The molecule has 0 saturated heterocycles. The maximum Gasteiger partial charge on any atom is 0.236 e. The van der Waals surface area contributed by atoms with E-state index in [0.29, 0.717) is 13.1 Å². The predicted molar refractivity (Wildman–Crippen MR) is 84.8 cm³/mol. The molecule has 0 aromatic heterocycles. The van der Waals surface area contributed by atoms with Crippen LogP contribution in [0.2, 0.25) is 0 Å². The van der Waals surface area contributed by atoms with Crippen LogP contribution in [-0.2, 0) is 10.0 Å². The molecule has 0 spiro atoms. The Kier molecular flexibility index (Phi) is 6.91. The molecule has 0 fully saturated rings. The fourth-order valence-corrected chi connectivity index (χ4v) is 3.09. The Bertz CT molecular complexity index is 510. The van der Waals surface area contributed by atoms with Crippen LogP contribution in [0.5, 0.6) is 0 Å². The van der Waals surface area contributed by atoms with Crippen LogP contribution in [0.1, 0.15) is 18.9 Å². The monoisotopic (exact) mass is 296 g/mol. The van der Waals surface area contributed by atoms with Gasteiger partial charge in [0.25, 0.3) is 0 Å². The molecule has 20 heavy (non-hydrogen) atoms. The SMILES string of the molecule is CCN(CCCN(C)C)S(=O)(=O)/C=C/c1ccccc1. The summed E-state index contributed by atoms with van der Waals surface area (Å²) < 4.78 is 26.0. The first kappa shape index (κ1) is 16.9. The molecule has 0 aliphatic carbocycles. The zero-order valence-corrected chi connectivity index (χ0v) is 13.3. The molecular formula is C15H24N2O2S. The molecule has 0 aliphatic heterocycles. The van der Waals surface area contributed by atoms with E-state index >= 15 is 0 Å². The van der Waals surface area contributed by atoms with Crippen LogP contribution in [0.3, 0.4) is 0 Å². The maximum absolute atomic E-state index is 12.2. The number of hydrogen-bond donors (Lipinski definition) is 0. The van der Waals surface area contributed by atoms with E-state index in [2.05, 4.69) is 4.90 Å². The summed E-state index contributed by atoms with van der Waals surface area (Å²) in [5, 5.41) is 1.29. The molecule has 0 N–H and O–H groups in total. The fraction of sp³-hybridized carbons (Fsp3) is 0.467. The number of benzene rings is 1. The van der Waals surface area contributed by atoms with E-state index in [9.17, 15) is 8.42 Å². The van der Waals surface area contributed by atoms with Crippen LogP contribution in [0, 0.1) is 0 Å². The summed E-state index contributed by atoms with van der Waals surface area (Å²) in [6.07, 6.45) is 2.48. The lowest BCUT2D eigenvalue weighted by atomic mass is 10.2. The molecule has 1 rings (SSSR count). The molecular weight excluding hydrogens is 272 g/mol. The van der Waals surface area contributed by atoms with Crippen molar-refractivity contribution in [2.45, 2.75) is 13.3 Å². The summed E-state index contributed by atoms with van der Waals surface area (Å²) in [6.45, 7) is 3.79. The minimum Gasteiger partial charge on any atom is -0.309 e. The van der Waals surface area contributed by atoms with Gasteiger partial charge >= 0.3 is 0 Å². The van der Waals surface area contributed by atoms with Gasteiger partial charge in [-0.25, -0.2) is 8.42 Å². The van der Waals surface area contributed by atoms with Gasteiger partial charge in [0.15, 0.2) is 0 Å². The van der Waals surface area contributed by atoms with E-state index < -0.39 is 10.0 Å². The van der Waals surface area contributed by atoms with Crippen LogP contribution in [0.4, 0.5) is 0 Å². The van der Waals surface area contributed by atoms with Gasteiger partial charge in [0.05, 0.1) is 0 Å². The second kappa shape index (κ2) is 8.19. The lowest BCUT2D eigenvalue weighted by Crippen LogP contribution is -2.31. The second-order valence-electron chi connectivity index (χ2n) is 4.91. The highest BCUT2D eigenvalue weighted by Crippen LogP contribution is 2.08. The molecule has 0 bridgehead atoms. The first-order valence-electron chi connectivity index (χ1n) is 6.83. The highest BCUT2D eigenvalue weighted by molar-refractivity contribution is 7.92. The third kappa shape index (κ3) is 5.86. The second-order valence-corrected chi connectivity index (χ2v) is 6.73. The normalized spacial score (nSPS) is 12.7. The molecule has 0 saturated carbocycles. The Morgan fingerprint density at radius 3 is 2.30 bits per heavy atom. The first-order chi connectivity index (χ1) is 9.45. The Balaban J connectivity index is 2.67. The van der Waals surface area contributed by atoms with Crippen molar-refractivity contribution < 1.29 is 8.42 Å². The van der Waals surface area contributed by atoms with E-state index in [1.807, 2.05) is 51.4 Å². The van der Waals surface area contributed by atoms with Crippen molar-refractivity contribution in [3.8, 4) is 0 Å². The minimum absolute atomic E-state index is 0.495. The lowest BCUT2D eigenvalue weighted by molar-refractivity contribution is 0.358. The van der Waals surface area contributed by atoms with Gasteiger partial charge in [0.1, 0.15) is 0 Å². The number of rotatable bonds is 8. The highest BCUT2D eigenvalue weighted by Gasteiger charge is 2.16. The zero-order valence-electron chi connectivity index (χ0n) is 12.5. The Morgan fingerprint density at radius 1 is 1.10 bits per heavy atom. The fourth-order valence-electron chi connectivity index (χ4n) is 1.84. The van der Waals surface area contributed by atoms with Gasteiger partial charge in [-0.3, -0.25) is 0 Å². The van der Waals surface area contributed by atoms with Crippen molar-refractivity contribution in [1.82, 2.24) is 9.21 Å². The van der Waals surface area contributed by atoms with Crippen molar-refractivity contribution in [2.24, 2.45) is 0 Å². The highest BCUT2D eigenvalue weighted by atomic mass is 32.2. The Morgan fingerprint density at radius 2 is 1.75 bits per heavy atom. The van der Waals surface area contributed by atoms with Crippen molar-refractivity contribution >= 4 is 16.1 Å². The minimum atomic E-state index is -3.33. The van der Waals surface area contributed by atoms with Crippen LogP contribution >= 0.6 is 0 Å². The van der Waals surface area contributed by atoms with Crippen LogP contribution in [-0.4, -0.2) is 51.4 Å². The average Bonchev–Trinajstić information content (AvgIpc) is 2.42. The molecule has 0 heterocycles. The first-order valence-corrected chi connectivity index (χ1v) is 8.34. The summed E-state index contributed by atoms with van der Waals surface area (Å²) in [6, 6.07) is 9.45. The van der Waals surface area contributed by atoms with E-state index in [4.69, 9.17) is 0 Å². The standard InChI is InChI=1S/C15H24N2O2S/c1-4-17(13-8-12-16(2)3)20(18,19)14-11-15-9-6-5-7-10-15/h5-7,9-11,14H,4,8,12-13H2,1-3H3/b14-11+. The van der Waals surface area contributed by atoms with Crippen molar-refractivity contribution in [2.75, 3.05) is 33.7 Å². The van der Waals surface area contributed by atoms with Gasteiger partial charge in [-0.2, -0.15) is 4.31 Å². The van der Waals surface area contributed by atoms with Crippen molar-refractivity contribution in [3.05, 3.63) is 41.3 Å². The quantitative estimate of drug-likeness (QED) is 0.739. The summed E-state index contributed by atoms with van der Waals surface area (Å²) in [4.78, 5) is 2.06. The molecule has 112 valence electrons. The maximum atomic E-state index is 12.2. The molecule has 5 heteroatoms. The smallest absolute Gasteiger partial charge is 0.236 e. The van der Waals surface area contributed by atoms with E-state index in [-0.39, 0.29) is 0 Å². The summed E-state index contributed by atoms with van der Waals surface area (Å²) in [5.41, 5.74) is 0.889. The number of nitrogens with zero attached hydrogens (tertiary/aromatic N) is 2. The molecule has 0 radical (unpaired) electrons. The third-order valence-corrected chi connectivity index (χ3v) is 4.60. The van der Waals surface area contributed by atoms with Crippen LogP contribution < -0.4 is 0 Å². The molecule has 1 aromatic carbocycles. The summed E-state index contributed by atoms with van der Waals surface area (Å²) in [5.74, 6) is 0. The predicted octanol–water partition coefficient (Wildman–Crippen LogP) is 2.26. The lowest BCUT2D eigenvalue weighted by Gasteiger charge is -2.19. The van der Waals surface area contributed by atoms with Gasteiger partial charge < -0.3 is 4.90 Å². The van der Waals surface area contributed by atoms with Crippen molar-refractivity contribution in [1.29, 1.82) is 0 Å². The molecule has 1 aromatic rings. The average molecular weight is 296 g/mol. The summed E-state index contributed by atoms with van der Waals surface area (Å²) >= 11 is 0. The van der Waals surface area contributed by atoms with Gasteiger partial charge in [0.2, 0.25) is 10.0 Å². The molecule has 4 nitrogen and oxygen atoms in total. The summed E-state index contributed by atoms with van der Waals surface area (Å²) in [7, 11) is 0.638. The van der Waals surface area contributed by atoms with E-state index in [1.54, 1.807) is 6.08 Å². The Labute approximate surface area is 122 Å². The number of hydrogen-bond acceptors (Lipinski definition) is 3.